The van der Waals surface area contributed by atoms with Gasteiger partial charge in [-0.25, -0.2) is 0 Å². The van der Waals surface area contributed by atoms with E-state index in [1.165, 1.54) is 23.1 Å². The van der Waals surface area contributed by atoms with E-state index in [0.717, 1.165) is 6.07 Å². The summed E-state index contributed by atoms with van der Waals surface area (Å²) < 4.78 is 51.4. The highest BCUT2D eigenvalue weighted by Gasteiger charge is 2.36. The number of piperidine rings is 1. The summed E-state index contributed by atoms with van der Waals surface area (Å²) in [7, 11) is -1.76. The van der Waals surface area contributed by atoms with Crippen LogP contribution < -0.4 is 0 Å². The van der Waals surface area contributed by atoms with Crippen LogP contribution in [0.15, 0.2) is 29.2 Å². The molecule has 1 fully saturated rings. The third kappa shape index (κ3) is 3.67. The SMILES string of the molecule is [NH-]CC(=O)N1CCC(S(=O)c2ccccc2C(F)(F)F)CC1. The van der Waals surface area contributed by atoms with Gasteiger partial charge in [-0.15, -0.1) is 0 Å². The maximum Gasteiger partial charge on any atom is 0.417 e. The van der Waals surface area contributed by atoms with Gasteiger partial charge in [0.15, 0.2) is 0 Å². The average Bonchev–Trinajstić information content (AvgIpc) is 2.52. The van der Waals surface area contributed by atoms with Crippen molar-refractivity contribution in [3.8, 4) is 0 Å². The Morgan fingerprint density at radius 2 is 1.86 bits per heavy atom. The van der Waals surface area contributed by atoms with Crippen LogP contribution >= 0.6 is 0 Å². The fourth-order valence-electron chi connectivity index (χ4n) is 2.49. The van der Waals surface area contributed by atoms with Gasteiger partial charge in [-0.05, 0) is 25.0 Å². The first-order valence-electron chi connectivity index (χ1n) is 6.83. The summed E-state index contributed by atoms with van der Waals surface area (Å²) in [6.07, 6.45) is -3.77. The Morgan fingerprint density at radius 3 is 2.41 bits per heavy atom. The number of nitrogens with one attached hydrogen (secondary N) is 1. The molecule has 4 nitrogen and oxygen atoms in total. The molecule has 8 heteroatoms. The second-order valence-electron chi connectivity index (χ2n) is 5.05. The molecule has 1 aliphatic heterocycles. The van der Waals surface area contributed by atoms with E-state index in [9.17, 15) is 22.2 Å². The molecule has 22 heavy (non-hydrogen) atoms. The smallest absolute Gasteiger partial charge is 0.417 e. The van der Waals surface area contributed by atoms with Gasteiger partial charge in [-0.1, -0.05) is 18.7 Å². The number of nitrogens with zero attached hydrogens (tertiary/aromatic N) is 1. The molecular weight excluding hydrogens is 317 g/mol. The fourth-order valence-corrected chi connectivity index (χ4v) is 4.10. The summed E-state index contributed by atoms with van der Waals surface area (Å²) in [5.41, 5.74) is 6.17. The molecule has 1 N–H and O–H groups in total. The minimum absolute atomic E-state index is 0.194. The van der Waals surface area contributed by atoms with Crippen LogP contribution in [-0.4, -0.2) is 39.9 Å². The molecule has 0 radical (unpaired) electrons. The molecule has 0 aromatic heterocycles. The van der Waals surface area contributed by atoms with Crippen molar-refractivity contribution in [3.63, 3.8) is 0 Å². The molecule has 1 aliphatic rings. The van der Waals surface area contributed by atoms with Gasteiger partial charge in [-0.2, -0.15) is 13.2 Å². The summed E-state index contributed by atoms with van der Waals surface area (Å²) in [5, 5.41) is -0.404. The van der Waals surface area contributed by atoms with Crippen LogP contribution in [0.25, 0.3) is 5.73 Å². The van der Waals surface area contributed by atoms with E-state index in [1.54, 1.807) is 0 Å². The summed E-state index contributed by atoms with van der Waals surface area (Å²) in [6, 6.07) is 4.91. The molecule has 0 spiro atoms. The van der Waals surface area contributed by atoms with Crippen molar-refractivity contribution in [1.29, 1.82) is 0 Å². The van der Waals surface area contributed by atoms with Gasteiger partial charge in [0.05, 0.1) is 21.3 Å². The van der Waals surface area contributed by atoms with E-state index < -0.39 is 27.8 Å². The zero-order chi connectivity index (χ0) is 16.3. The Hall–Kier alpha value is -1.41. The lowest BCUT2D eigenvalue weighted by Crippen LogP contribution is -2.42. The number of carbonyl (C=O) groups excluding carboxylic acids is 1. The highest BCUT2D eigenvalue weighted by Crippen LogP contribution is 2.35. The lowest BCUT2D eigenvalue weighted by atomic mass is 10.1. The van der Waals surface area contributed by atoms with Crippen LogP contribution in [-0.2, 0) is 21.8 Å². The predicted molar refractivity (Wildman–Crippen MR) is 76.6 cm³/mol. The zero-order valence-electron chi connectivity index (χ0n) is 11.7. The number of alkyl halides is 3. The Kier molecular flexibility index (Phi) is 5.23. The highest BCUT2D eigenvalue weighted by atomic mass is 32.2. The molecule has 1 heterocycles. The lowest BCUT2D eigenvalue weighted by molar-refractivity contribution is -0.139. The molecule has 1 aromatic carbocycles. The Labute approximate surface area is 128 Å². The normalized spacial score (nSPS) is 18.3. The Morgan fingerprint density at radius 1 is 1.27 bits per heavy atom. The number of likely N-dealkylation sites (tertiary alicyclic amines) is 1. The third-order valence-corrected chi connectivity index (χ3v) is 5.52. The van der Waals surface area contributed by atoms with Crippen LogP contribution in [0.3, 0.4) is 0 Å². The van der Waals surface area contributed by atoms with Gasteiger partial charge >= 0.3 is 6.18 Å². The van der Waals surface area contributed by atoms with Crippen molar-refractivity contribution in [2.24, 2.45) is 0 Å². The van der Waals surface area contributed by atoms with Crippen LogP contribution in [0.4, 0.5) is 13.2 Å². The topological polar surface area (TPSA) is 61.2 Å². The quantitative estimate of drug-likeness (QED) is 0.854. The number of rotatable bonds is 3. The molecule has 0 bridgehead atoms. The summed E-state index contributed by atoms with van der Waals surface area (Å²) in [4.78, 5) is 12.7. The Bertz CT molecular complexity index is 569. The lowest BCUT2D eigenvalue weighted by Gasteiger charge is -2.32. The van der Waals surface area contributed by atoms with Crippen molar-refractivity contribution in [3.05, 3.63) is 35.6 Å². The van der Waals surface area contributed by atoms with Crippen molar-refractivity contribution in [2.45, 2.75) is 29.2 Å². The van der Waals surface area contributed by atoms with E-state index in [1.807, 2.05) is 0 Å². The van der Waals surface area contributed by atoms with Crippen molar-refractivity contribution < 1.29 is 22.2 Å². The number of hydrogen-bond donors (Lipinski definition) is 0. The van der Waals surface area contributed by atoms with E-state index in [-0.39, 0.29) is 17.3 Å². The molecule has 0 aliphatic carbocycles. The second-order valence-corrected chi connectivity index (χ2v) is 6.75. The molecule has 0 saturated carbocycles. The van der Waals surface area contributed by atoms with Crippen LogP contribution in [0, 0.1) is 0 Å². The van der Waals surface area contributed by atoms with Gasteiger partial charge in [0.25, 0.3) is 0 Å². The van der Waals surface area contributed by atoms with Gasteiger partial charge < -0.3 is 10.6 Å². The first-order valence-corrected chi connectivity index (χ1v) is 8.05. The number of benzene rings is 1. The average molecular weight is 333 g/mol. The number of halogens is 3. The first kappa shape index (κ1) is 17.0. The fraction of sp³-hybridized carbons (Fsp3) is 0.500. The largest absolute Gasteiger partial charge is 0.670 e. The van der Waals surface area contributed by atoms with Crippen LogP contribution in [0.5, 0.6) is 0 Å². The standard InChI is InChI=1S/C14H16F3N2O2S/c15-14(16,17)11-3-1-2-4-12(11)22(21)10-5-7-19(8-6-10)13(20)9-18/h1-4,10,18H,5-9H2/q-1. The van der Waals surface area contributed by atoms with Crippen molar-refractivity contribution >= 4 is 16.7 Å². The molecule has 1 amide bonds. The van der Waals surface area contributed by atoms with Gasteiger partial charge in [0, 0.05) is 18.3 Å². The number of amides is 1. The molecular formula is C14H16F3N2O2S-. The maximum absolute atomic E-state index is 13.0. The van der Waals surface area contributed by atoms with E-state index >= 15 is 0 Å². The van der Waals surface area contributed by atoms with Crippen molar-refractivity contribution in [2.75, 3.05) is 19.6 Å². The van der Waals surface area contributed by atoms with Crippen LogP contribution in [0.1, 0.15) is 18.4 Å². The van der Waals surface area contributed by atoms with Crippen molar-refractivity contribution in [1.82, 2.24) is 4.90 Å². The zero-order valence-corrected chi connectivity index (χ0v) is 12.5. The number of carbonyl (C=O) groups is 1. The molecule has 1 aromatic rings. The van der Waals surface area contributed by atoms with E-state index in [4.69, 9.17) is 5.73 Å². The summed E-state index contributed by atoms with van der Waals surface area (Å²) in [5.74, 6) is -0.306. The van der Waals surface area contributed by atoms with Gasteiger partial charge in [0.1, 0.15) is 0 Å². The molecule has 1 saturated heterocycles. The minimum atomic E-state index is -4.53. The third-order valence-electron chi connectivity index (χ3n) is 3.66. The second kappa shape index (κ2) is 6.78. The maximum atomic E-state index is 13.0. The first-order chi connectivity index (χ1) is 10.3. The highest BCUT2D eigenvalue weighted by molar-refractivity contribution is 7.85. The minimum Gasteiger partial charge on any atom is -0.670 e. The molecule has 1 unspecified atom stereocenters. The molecule has 122 valence electrons. The van der Waals surface area contributed by atoms with Gasteiger partial charge in [-0.3, -0.25) is 9.00 Å². The van der Waals surface area contributed by atoms with Crippen LogP contribution in [0.2, 0.25) is 0 Å². The van der Waals surface area contributed by atoms with Gasteiger partial charge in [0.2, 0.25) is 5.91 Å². The molecule has 1 atom stereocenters. The predicted octanol–water partition coefficient (Wildman–Crippen LogP) is 2.86. The number of hydrogen-bond acceptors (Lipinski definition) is 2. The van der Waals surface area contributed by atoms with E-state index in [2.05, 4.69) is 0 Å². The molecule has 2 rings (SSSR count). The summed E-state index contributed by atoms with van der Waals surface area (Å²) in [6.45, 7) is 0.329. The van der Waals surface area contributed by atoms with E-state index in [0.29, 0.717) is 25.9 Å². The monoisotopic (exact) mass is 333 g/mol. The Balaban J connectivity index is 2.13. The summed E-state index contributed by atoms with van der Waals surface area (Å²) >= 11 is 0.